The summed E-state index contributed by atoms with van der Waals surface area (Å²) < 4.78 is 11.0. The minimum Gasteiger partial charge on any atom is -0.477 e. The Morgan fingerprint density at radius 3 is 2.67 bits per heavy atom. The molecule has 0 spiro atoms. The van der Waals surface area contributed by atoms with Gasteiger partial charge in [-0.25, -0.2) is 4.79 Å². The summed E-state index contributed by atoms with van der Waals surface area (Å²) in [6, 6.07) is 10.5. The van der Waals surface area contributed by atoms with Gasteiger partial charge in [-0.05, 0) is 30.7 Å². The Morgan fingerprint density at radius 2 is 1.96 bits per heavy atom. The van der Waals surface area contributed by atoms with Gasteiger partial charge in [-0.15, -0.1) is 0 Å². The molecule has 142 valence electrons. The molecule has 0 bridgehead atoms. The third kappa shape index (κ3) is 5.78. The summed E-state index contributed by atoms with van der Waals surface area (Å²) in [5.74, 6) is -1.15. The molecule has 0 aliphatic carbocycles. The first-order chi connectivity index (χ1) is 12.9. The average Bonchev–Trinajstić information content (AvgIpc) is 2.66. The van der Waals surface area contributed by atoms with Gasteiger partial charge >= 0.3 is 11.7 Å². The highest BCUT2D eigenvalue weighted by atomic mass is 79.9. The Hall–Kier alpha value is -2.94. The topological polar surface area (TPSA) is 108 Å². The second-order valence-corrected chi connectivity index (χ2v) is 6.30. The molecule has 0 heterocycles. The summed E-state index contributed by atoms with van der Waals surface area (Å²) in [5.41, 5.74) is 0.213. The molecule has 0 saturated heterocycles. The Kier molecular flexibility index (Phi) is 7.30. The summed E-state index contributed by atoms with van der Waals surface area (Å²) in [5, 5.41) is 13.5. The quantitative estimate of drug-likeness (QED) is 0.381. The number of halogens is 1. The summed E-state index contributed by atoms with van der Waals surface area (Å²) in [6.07, 6.45) is 0.672. The van der Waals surface area contributed by atoms with Gasteiger partial charge in [0.15, 0.2) is 12.4 Å². The van der Waals surface area contributed by atoms with Gasteiger partial charge in [-0.1, -0.05) is 35.0 Å². The zero-order chi connectivity index (χ0) is 19.8. The molecule has 0 radical (unpaired) electrons. The summed E-state index contributed by atoms with van der Waals surface area (Å²) >= 11 is 3.27. The average molecular weight is 437 g/mol. The Bertz CT molecular complexity index is 855. The molecular weight excluding hydrogens is 420 g/mol. The van der Waals surface area contributed by atoms with E-state index in [1.165, 1.54) is 24.3 Å². The van der Waals surface area contributed by atoms with E-state index in [4.69, 9.17) is 9.47 Å². The molecule has 0 aromatic heterocycles. The second-order valence-electron chi connectivity index (χ2n) is 5.39. The fraction of sp³-hybridized carbons (Fsp3) is 0.222. The van der Waals surface area contributed by atoms with Gasteiger partial charge in [0, 0.05) is 10.5 Å². The lowest BCUT2D eigenvalue weighted by Gasteiger charge is -2.12. The van der Waals surface area contributed by atoms with Gasteiger partial charge in [0.25, 0.3) is 5.91 Å². The maximum atomic E-state index is 12.2. The molecule has 8 nitrogen and oxygen atoms in total. The van der Waals surface area contributed by atoms with E-state index in [1.807, 2.05) is 6.92 Å². The monoisotopic (exact) mass is 436 g/mol. The van der Waals surface area contributed by atoms with Gasteiger partial charge in [-0.3, -0.25) is 14.9 Å². The van der Waals surface area contributed by atoms with E-state index in [-0.39, 0.29) is 29.3 Å². The Morgan fingerprint density at radius 1 is 1.22 bits per heavy atom. The largest absolute Gasteiger partial charge is 0.477 e. The summed E-state index contributed by atoms with van der Waals surface area (Å²) in [6.45, 7) is 1.68. The number of anilines is 1. The highest BCUT2D eigenvalue weighted by Crippen LogP contribution is 2.26. The SMILES string of the molecule is CCCOC(=O)c1cc(Br)ccc1NC(=O)COc1ccccc1[N+](=O)[O-]. The van der Waals surface area contributed by atoms with Gasteiger partial charge in [0.2, 0.25) is 0 Å². The smallest absolute Gasteiger partial charge is 0.340 e. The zero-order valence-electron chi connectivity index (χ0n) is 14.4. The van der Waals surface area contributed by atoms with Crippen LogP contribution in [-0.2, 0) is 9.53 Å². The third-order valence-corrected chi connectivity index (χ3v) is 3.83. The molecule has 0 aliphatic rings. The van der Waals surface area contributed by atoms with Gasteiger partial charge < -0.3 is 14.8 Å². The van der Waals surface area contributed by atoms with Crippen molar-refractivity contribution in [1.82, 2.24) is 0 Å². The lowest BCUT2D eigenvalue weighted by atomic mass is 10.2. The summed E-state index contributed by atoms with van der Waals surface area (Å²) in [4.78, 5) is 34.7. The van der Waals surface area contributed by atoms with Crippen molar-refractivity contribution in [1.29, 1.82) is 0 Å². The number of nitrogens with zero attached hydrogens (tertiary/aromatic N) is 1. The number of amides is 1. The molecule has 0 saturated carbocycles. The third-order valence-electron chi connectivity index (χ3n) is 3.33. The molecule has 2 aromatic carbocycles. The van der Waals surface area contributed by atoms with Crippen molar-refractivity contribution in [3.05, 3.63) is 62.6 Å². The number of esters is 1. The van der Waals surface area contributed by atoms with E-state index in [1.54, 1.807) is 18.2 Å². The van der Waals surface area contributed by atoms with Crippen LogP contribution in [0, 0.1) is 10.1 Å². The fourth-order valence-corrected chi connectivity index (χ4v) is 2.49. The number of hydrogen-bond acceptors (Lipinski definition) is 6. The van der Waals surface area contributed by atoms with Crippen LogP contribution < -0.4 is 10.1 Å². The number of carbonyl (C=O) groups excluding carboxylic acids is 2. The van der Waals surface area contributed by atoms with Gasteiger partial charge in [0.1, 0.15) is 0 Å². The number of nitrogens with one attached hydrogen (secondary N) is 1. The molecule has 0 aliphatic heterocycles. The highest BCUT2D eigenvalue weighted by molar-refractivity contribution is 9.10. The first-order valence-corrected chi connectivity index (χ1v) is 8.84. The van der Waals surface area contributed by atoms with Crippen molar-refractivity contribution >= 4 is 39.2 Å². The number of nitro benzene ring substituents is 1. The van der Waals surface area contributed by atoms with Crippen LogP contribution in [0.4, 0.5) is 11.4 Å². The Balaban J connectivity index is 2.08. The lowest BCUT2D eigenvalue weighted by Crippen LogP contribution is -2.22. The number of rotatable bonds is 8. The predicted molar refractivity (Wildman–Crippen MR) is 102 cm³/mol. The van der Waals surface area contributed by atoms with Crippen molar-refractivity contribution < 1.29 is 24.0 Å². The molecule has 2 rings (SSSR count). The molecule has 2 aromatic rings. The van der Waals surface area contributed by atoms with Crippen LogP contribution >= 0.6 is 15.9 Å². The maximum absolute atomic E-state index is 12.2. The molecule has 0 fully saturated rings. The van der Waals surface area contributed by atoms with Crippen molar-refractivity contribution in [3.8, 4) is 5.75 Å². The van der Waals surface area contributed by atoms with E-state index in [2.05, 4.69) is 21.2 Å². The number of benzene rings is 2. The first kappa shape index (κ1) is 20.4. The van der Waals surface area contributed by atoms with E-state index in [0.29, 0.717) is 10.9 Å². The van der Waals surface area contributed by atoms with Crippen LogP contribution in [0.3, 0.4) is 0 Å². The normalized spacial score (nSPS) is 10.1. The number of para-hydroxylation sites is 2. The van der Waals surface area contributed by atoms with Crippen LogP contribution in [0.5, 0.6) is 5.75 Å². The number of hydrogen-bond donors (Lipinski definition) is 1. The molecule has 9 heteroatoms. The maximum Gasteiger partial charge on any atom is 0.340 e. The first-order valence-electron chi connectivity index (χ1n) is 8.05. The van der Waals surface area contributed by atoms with Crippen LogP contribution in [0.1, 0.15) is 23.7 Å². The van der Waals surface area contributed by atoms with Crippen LogP contribution in [0.15, 0.2) is 46.9 Å². The van der Waals surface area contributed by atoms with Gasteiger partial charge in [-0.2, -0.15) is 0 Å². The highest BCUT2D eigenvalue weighted by Gasteiger charge is 2.18. The lowest BCUT2D eigenvalue weighted by molar-refractivity contribution is -0.385. The van der Waals surface area contributed by atoms with Crippen LogP contribution in [0.25, 0.3) is 0 Å². The fourth-order valence-electron chi connectivity index (χ4n) is 2.13. The van der Waals surface area contributed by atoms with E-state index >= 15 is 0 Å². The van der Waals surface area contributed by atoms with Crippen molar-refractivity contribution in [2.75, 3.05) is 18.5 Å². The molecule has 0 atom stereocenters. The minimum absolute atomic E-state index is 0.0176. The number of carbonyl (C=O) groups is 2. The standard InChI is InChI=1S/C18H17BrN2O6/c1-2-9-26-18(23)13-10-12(19)7-8-14(13)20-17(22)11-27-16-6-4-3-5-15(16)21(24)25/h3-8,10H,2,9,11H2,1H3,(H,20,22). The molecular formula is C18H17BrN2O6. The molecule has 0 unspecified atom stereocenters. The van der Waals surface area contributed by atoms with Crippen molar-refractivity contribution in [2.45, 2.75) is 13.3 Å². The van der Waals surface area contributed by atoms with E-state index < -0.39 is 23.4 Å². The zero-order valence-corrected chi connectivity index (χ0v) is 16.0. The molecule has 1 N–H and O–H groups in total. The predicted octanol–water partition coefficient (Wildman–Crippen LogP) is 3.94. The van der Waals surface area contributed by atoms with Crippen LogP contribution in [-0.4, -0.2) is 30.0 Å². The van der Waals surface area contributed by atoms with E-state index in [0.717, 1.165) is 0 Å². The van der Waals surface area contributed by atoms with Crippen molar-refractivity contribution in [2.24, 2.45) is 0 Å². The second kappa shape index (κ2) is 9.67. The number of nitro groups is 1. The van der Waals surface area contributed by atoms with E-state index in [9.17, 15) is 19.7 Å². The minimum atomic E-state index is -0.593. The molecule has 1 amide bonds. The van der Waals surface area contributed by atoms with Crippen molar-refractivity contribution in [3.63, 3.8) is 0 Å². The van der Waals surface area contributed by atoms with Crippen LogP contribution in [0.2, 0.25) is 0 Å². The van der Waals surface area contributed by atoms with Gasteiger partial charge in [0.05, 0.1) is 22.8 Å². The summed E-state index contributed by atoms with van der Waals surface area (Å²) in [7, 11) is 0. The molecule has 27 heavy (non-hydrogen) atoms. The Labute approximate surface area is 163 Å². The number of ether oxygens (including phenoxy) is 2.